The molecule has 3 aromatic rings. The molecular weight excluding hydrogens is 258 g/mol. The quantitative estimate of drug-likeness (QED) is 0.749. The third kappa shape index (κ3) is 2.13. The number of thiophene rings is 1. The summed E-state index contributed by atoms with van der Waals surface area (Å²) in [6.07, 6.45) is 0. The molecule has 2 heterocycles. The topological polar surface area (TPSA) is 57.8 Å². The highest BCUT2D eigenvalue weighted by atomic mass is 32.1. The van der Waals surface area contributed by atoms with Gasteiger partial charge in [0.2, 0.25) is 0 Å². The van der Waals surface area contributed by atoms with Crippen molar-refractivity contribution in [2.75, 3.05) is 5.32 Å². The number of fused-ring (bicyclic) bond motifs is 1. The second kappa shape index (κ2) is 4.51. The summed E-state index contributed by atoms with van der Waals surface area (Å²) in [6.45, 7) is 3.75. The van der Waals surface area contributed by atoms with Crippen LogP contribution in [0.5, 0.6) is 0 Å². The van der Waals surface area contributed by atoms with E-state index >= 15 is 0 Å². The highest BCUT2D eigenvalue weighted by molar-refractivity contribution is 7.20. The molecule has 0 saturated carbocycles. The van der Waals surface area contributed by atoms with E-state index in [1.807, 2.05) is 44.2 Å². The lowest BCUT2D eigenvalue weighted by Gasteiger charge is -2.02. The molecule has 19 heavy (non-hydrogen) atoms. The first-order valence-electron chi connectivity index (χ1n) is 5.96. The number of hydrogen-bond donors (Lipinski definition) is 2. The predicted octanol–water partition coefficient (Wildman–Crippen LogP) is 3.49. The number of aromatic nitrogens is 2. The monoisotopic (exact) mass is 271 g/mol. The highest BCUT2D eigenvalue weighted by Gasteiger charge is 2.14. The minimum Gasteiger partial charge on any atom is -0.318 e. The molecule has 0 aliphatic carbocycles. The van der Waals surface area contributed by atoms with Gasteiger partial charge in [0.25, 0.3) is 5.91 Å². The summed E-state index contributed by atoms with van der Waals surface area (Å²) in [4.78, 5) is 13.0. The Labute approximate surface area is 114 Å². The number of aromatic amines is 1. The molecule has 0 atom stereocenters. The van der Waals surface area contributed by atoms with E-state index in [1.165, 1.54) is 11.3 Å². The fourth-order valence-corrected chi connectivity index (χ4v) is 2.96. The molecule has 1 amide bonds. The molecule has 3 rings (SSSR count). The van der Waals surface area contributed by atoms with Crippen LogP contribution in [0.15, 0.2) is 30.3 Å². The van der Waals surface area contributed by atoms with Gasteiger partial charge in [0.05, 0.1) is 22.0 Å². The van der Waals surface area contributed by atoms with Gasteiger partial charge in [-0.2, -0.15) is 5.10 Å². The lowest BCUT2D eigenvalue weighted by Crippen LogP contribution is -2.11. The summed E-state index contributed by atoms with van der Waals surface area (Å²) in [5, 5.41) is 10.9. The van der Waals surface area contributed by atoms with Gasteiger partial charge in [-0.25, -0.2) is 0 Å². The van der Waals surface area contributed by atoms with E-state index in [0.717, 1.165) is 27.2 Å². The van der Waals surface area contributed by atoms with E-state index in [2.05, 4.69) is 15.5 Å². The van der Waals surface area contributed by atoms with E-state index in [-0.39, 0.29) is 5.91 Å². The van der Waals surface area contributed by atoms with Gasteiger partial charge in [-0.15, -0.1) is 11.3 Å². The normalized spacial score (nSPS) is 10.8. The number of hydrogen-bond acceptors (Lipinski definition) is 3. The maximum Gasteiger partial charge on any atom is 0.265 e. The number of H-pyrrole nitrogens is 1. The molecular formula is C14H13N3OS. The molecule has 0 aliphatic heterocycles. The van der Waals surface area contributed by atoms with E-state index < -0.39 is 0 Å². The van der Waals surface area contributed by atoms with E-state index in [9.17, 15) is 4.79 Å². The van der Waals surface area contributed by atoms with Crippen molar-refractivity contribution in [2.24, 2.45) is 0 Å². The van der Waals surface area contributed by atoms with Crippen LogP contribution in [0, 0.1) is 13.8 Å². The molecule has 1 aromatic carbocycles. The zero-order valence-electron chi connectivity index (χ0n) is 10.7. The van der Waals surface area contributed by atoms with Gasteiger partial charge in [-0.05, 0) is 31.4 Å². The maximum atomic E-state index is 12.2. The first kappa shape index (κ1) is 11.9. The van der Waals surface area contributed by atoms with Gasteiger partial charge < -0.3 is 5.32 Å². The second-order valence-electron chi connectivity index (χ2n) is 4.41. The molecule has 0 saturated heterocycles. The summed E-state index contributed by atoms with van der Waals surface area (Å²) in [6, 6.07) is 9.90. The largest absolute Gasteiger partial charge is 0.318 e. The molecule has 0 fully saturated rings. The molecule has 0 unspecified atom stereocenters. The van der Waals surface area contributed by atoms with Crippen LogP contribution in [0.25, 0.3) is 10.1 Å². The number of carbonyl (C=O) groups excluding carboxylic acids is 1. The van der Waals surface area contributed by atoms with Crippen LogP contribution in [0.3, 0.4) is 0 Å². The highest BCUT2D eigenvalue weighted by Crippen LogP contribution is 2.26. The van der Waals surface area contributed by atoms with Crippen LogP contribution in [0.2, 0.25) is 0 Å². The zero-order chi connectivity index (χ0) is 13.4. The minimum atomic E-state index is -0.0891. The first-order valence-corrected chi connectivity index (χ1v) is 6.78. The average Bonchev–Trinajstić information content (AvgIpc) is 2.97. The van der Waals surface area contributed by atoms with Crippen LogP contribution in [-0.4, -0.2) is 16.1 Å². The minimum absolute atomic E-state index is 0.0891. The van der Waals surface area contributed by atoms with Crippen LogP contribution in [0.4, 0.5) is 5.69 Å². The van der Waals surface area contributed by atoms with Gasteiger partial charge in [0, 0.05) is 4.70 Å². The fourth-order valence-electron chi connectivity index (χ4n) is 2.00. The molecule has 0 radical (unpaired) electrons. The Morgan fingerprint density at radius 1 is 1.32 bits per heavy atom. The van der Waals surface area contributed by atoms with Crippen LogP contribution < -0.4 is 5.32 Å². The molecule has 4 nitrogen and oxygen atoms in total. The number of amides is 1. The van der Waals surface area contributed by atoms with Crippen LogP contribution >= 0.6 is 11.3 Å². The van der Waals surface area contributed by atoms with Crippen molar-refractivity contribution < 1.29 is 4.79 Å². The summed E-state index contributed by atoms with van der Waals surface area (Å²) >= 11 is 1.50. The van der Waals surface area contributed by atoms with E-state index in [0.29, 0.717) is 4.88 Å². The Morgan fingerprint density at radius 2 is 2.11 bits per heavy atom. The smallest absolute Gasteiger partial charge is 0.265 e. The van der Waals surface area contributed by atoms with Gasteiger partial charge in [-0.3, -0.25) is 9.89 Å². The number of carbonyl (C=O) groups is 1. The maximum absolute atomic E-state index is 12.2. The standard InChI is InChI=1S/C14H13N3OS/c1-8-13(9(2)17-16-8)15-14(18)12-7-10-5-3-4-6-11(10)19-12/h3-7H,1-2H3,(H,15,18)(H,16,17). The predicted molar refractivity (Wildman–Crippen MR) is 77.8 cm³/mol. The second-order valence-corrected chi connectivity index (χ2v) is 5.50. The number of nitrogens with one attached hydrogen (secondary N) is 2. The SMILES string of the molecule is Cc1n[nH]c(C)c1NC(=O)c1cc2ccccc2s1. The van der Waals surface area contributed by atoms with Gasteiger partial charge >= 0.3 is 0 Å². The first-order chi connectivity index (χ1) is 9.15. The number of anilines is 1. The summed E-state index contributed by atoms with van der Waals surface area (Å²) in [7, 11) is 0. The number of benzene rings is 1. The summed E-state index contributed by atoms with van der Waals surface area (Å²) < 4.78 is 1.12. The van der Waals surface area contributed by atoms with Crippen molar-refractivity contribution >= 4 is 33.0 Å². The Bertz CT molecular complexity index is 704. The fraction of sp³-hybridized carbons (Fsp3) is 0.143. The molecule has 2 N–H and O–H groups in total. The van der Waals surface area contributed by atoms with Crippen molar-refractivity contribution in [1.82, 2.24) is 10.2 Å². The molecule has 0 spiro atoms. The number of aryl methyl sites for hydroxylation is 2. The Kier molecular flexibility index (Phi) is 2.83. The van der Waals surface area contributed by atoms with E-state index in [4.69, 9.17) is 0 Å². The summed E-state index contributed by atoms with van der Waals surface area (Å²) in [5.41, 5.74) is 2.43. The van der Waals surface area contributed by atoms with Crippen LogP contribution in [-0.2, 0) is 0 Å². The molecule has 96 valence electrons. The van der Waals surface area contributed by atoms with Crippen molar-refractivity contribution in [3.63, 3.8) is 0 Å². The Hall–Kier alpha value is -2.14. The average molecular weight is 271 g/mol. The van der Waals surface area contributed by atoms with Gasteiger partial charge in [0.15, 0.2) is 0 Å². The molecule has 0 aliphatic rings. The lowest BCUT2D eigenvalue weighted by molar-refractivity contribution is 0.103. The molecule has 0 bridgehead atoms. The number of nitrogens with zero attached hydrogens (tertiary/aromatic N) is 1. The van der Waals surface area contributed by atoms with Crippen LogP contribution in [0.1, 0.15) is 21.1 Å². The summed E-state index contributed by atoms with van der Waals surface area (Å²) in [5.74, 6) is -0.0891. The molecule has 5 heteroatoms. The third-order valence-electron chi connectivity index (χ3n) is 3.02. The Balaban J connectivity index is 1.92. The third-order valence-corrected chi connectivity index (χ3v) is 4.13. The van der Waals surface area contributed by atoms with Crippen molar-refractivity contribution in [2.45, 2.75) is 13.8 Å². The van der Waals surface area contributed by atoms with E-state index in [1.54, 1.807) is 0 Å². The van der Waals surface area contributed by atoms with Crippen molar-refractivity contribution in [1.29, 1.82) is 0 Å². The Morgan fingerprint density at radius 3 is 2.79 bits per heavy atom. The van der Waals surface area contributed by atoms with Gasteiger partial charge in [0.1, 0.15) is 0 Å². The molecule has 2 aromatic heterocycles. The van der Waals surface area contributed by atoms with Crippen molar-refractivity contribution in [3.8, 4) is 0 Å². The zero-order valence-corrected chi connectivity index (χ0v) is 11.5. The van der Waals surface area contributed by atoms with Gasteiger partial charge in [-0.1, -0.05) is 18.2 Å². The van der Waals surface area contributed by atoms with Crippen molar-refractivity contribution in [3.05, 3.63) is 46.6 Å². The lowest BCUT2D eigenvalue weighted by atomic mass is 10.2. The number of rotatable bonds is 2.